The van der Waals surface area contributed by atoms with E-state index in [9.17, 15) is 4.79 Å². The van der Waals surface area contributed by atoms with E-state index in [0.29, 0.717) is 6.04 Å². The number of hydrogen-bond donors (Lipinski definition) is 1. The molecule has 100 valence electrons. The van der Waals surface area contributed by atoms with Gasteiger partial charge < -0.3 is 10.2 Å². The molecule has 0 aromatic carbocycles. The molecule has 1 fully saturated rings. The monoisotopic (exact) mass is 241 g/mol. The van der Waals surface area contributed by atoms with Gasteiger partial charge in [0.25, 0.3) is 0 Å². The van der Waals surface area contributed by atoms with E-state index in [2.05, 4.69) is 10.2 Å². The Morgan fingerprint density at radius 1 is 1.35 bits per heavy atom. The number of carbonyl (C=O) groups is 1. The summed E-state index contributed by atoms with van der Waals surface area (Å²) in [7, 11) is 5.67. The summed E-state index contributed by atoms with van der Waals surface area (Å²) in [4.78, 5) is 15.6. The molecule has 17 heavy (non-hydrogen) atoms. The van der Waals surface area contributed by atoms with Gasteiger partial charge in [-0.1, -0.05) is 6.42 Å². The molecule has 1 aliphatic heterocycles. The Balaban J connectivity index is 2.27. The van der Waals surface area contributed by atoms with Crippen molar-refractivity contribution >= 4 is 5.91 Å². The van der Waals surface area contributed by atoms with E-state index in [1.165, 1.54) is 19.3 Å². The summed E-state index contributed by atoms with van der Waals surface area (Å²) in [6.45, 7) is 4.12. The Morgan fingerprint density at radius 3 is 2.59 bits per heavy atom. The maximum absolute atomic E-state index is 11.8. The second-order valence-corrected chi connectivity index (χ2v) is 5.32. The van der Waals surface area contributed by atoms with Crippen molar-refractivity contribution in [1.29, 1.82) is 0 Å². The van der Waals surface area contributed by atoms with Gasteiger partial charge in [0, 0.05) is 26.7 Å². The molecule has 0 aromatic rings. The predicted molar refractivity (Wildman–Crippen MR) is 71.0 cm³/mol. The summed E-state index contributed by atoms with van der Waals surface area (Å²) in [6, 6.07) is 0.626. The van der Waals surface area contributed by atoms with Crippen LogP contribution in [0.3, 0.4) is 0 Å². The molecule has 1 amide bonds. The molecule has 1 saturated heterocycles. The average molecular weight is 241 g/mol. The van der Waals surface area contributed by atoms with Crippen molar-refractivity contribution in [3.63, 3.8) is 0 Å². The van der Waals surface area contributed by atoms with Gasteiger partial charge in [0.15, 0.2) is 0 Å². The third-order valence-electron chi connectivity index (χ3n) is 3.70. The topological polar surface area (TPSA) is 35.6 Å². The first kappa shape index (κ1) is 14.5. The minimum Gasteiger partial charge on any atom is -0.347 e. The quantitative estimate of drug-likeness (QED) is 0.778. The lowest BCUT2D eigenvalue weighted by Gasteiger charge is -2.29. The molecule has 1 rings (SSSR count). The fraction of sp³-hybridized carbons (Fsp3) is 0.923. The van der Waals surface area contributed by atoms with Crippen LogP contribution in [-0.4, -0.2) is 62.0 Å². The lowest BCUT2D eigenvalue weighted by Crippen LogP contribution is -2.44. The maximum atomic E-state index is 11.8. The lowest BCUT2D eigenvalue weighted by molar-refractivity contribution is -0.133. The van der Waals surface area contributed by atoms with Gasteiger partial charge in [0.2, 0.25) is 5.91 Å². The third kappa shape index (κ3) is 4.64. The fourth-order valence-electron chi connectivity index (χ4n) is 2.29. The molecular weight excluding hydrogens is 214 g/mol. The molecule has 2 atom stereocenters. The number of nitrogens with zero attached hydrogens (tertiary/aromatic N) is 2. The standard InChI is InChI=1S/C13H27N3O/c1-11(13(17)15(2)3)16(4)10-8-12-7-5-6-9-14-12/h11-12,14H,5-10H2,1-4H3. The highest BCUT2D eigenvalue weighted by atomic mass is 16.2. The molecule has 1 aliphatic rings. The number of nitrogens with one attached hydrogen (secondary N) is 1. The van der Waals surface area contributed by atoms with E-state index in [0.717, 1.165) is 19.5 Å². The first-order chi connectivity index (χ1) is 8.02. The number of amides is 1. The van der Waals surface area contributed by atoms with Crippen molar-refractivity contribution in [2.45, 2.75) is 44.7 Å². The Morgan fingerprint density at radius 2 is 2.06 bits per heavy atom. The summed E-state index contributed by atoms with van der Waals surface area (Å²) in [5.41, 5.74) is 0. The van der Waals surface area contributed by atoms with E-state index in [-0.39, 0.29) is 11.9 Å². The minimum atomic E-state index is -0.0198. The van der Waals surface area contributed by atoms with Crippen LogP contribution in [0.2, 0.25) is 0 Å². The molecule has 1 heterocycles. The summed E-state index contributed by atoms with van der Waals surface area (Å²) in [6.07, 6.45) is 5.07. The van der Waals surface area contributed by atoms with E-state index < -0.39 is 0 Å². The number of likely N-dealkylation sites (N-methyl/N-ethyl adjacent to an activating group) is 2. The van der Waals surface area contributed by atoms with E-state index >= 15 is 0 Å². The van der Waals surface area contributed by atoms with Crippen LogP contribution in [0, 0.1) is 0 Å². The van der Waals surface area contributed by atoms with Crippen LogP contribution >= 0.6 is 0 Å². The van der Waals surface area contributed by atoms with E-state index in [1.54, 1.807) is 4.90 Å². The van der Waals surface area contributed by atoms with Gasteiger partial charge in [-0.25, -0.2) is 0 Å². The van der Waals surface area contributed by atoms with Gasteiger partial charge >= 0.3 is 0 Å². The van der Waals surface area contributed by atoms with Gasteiger partial charge in [-0.15, -0.1) is 0 Å². The van der Waals surface area contributed by atoms with Crippen molar-refractivity contribution in [3.05, 3.63) is 0 Å². The number of hydrogen-bond acceptors (Lipinski definition) is 3. The van der Waals surface area contributed by atoms with Gasteiger partial charge in [0.05, 0.1) is 6.04 Å². The number of rotatable bonds is 5. The highest BCUT2D eigenvalue weighted by Crippen LogP contribution is 2.11. The van der Waals surface area contributed by atoms with Crippen molar-refractivity contribution in [2.24, 2.45) is 0 Å². The van der Waals surface area contributed by atoms with E-state index in [4.69, 9.17) is 0 Å². The zero-order chi connectivity index (χ0) is 12.8. The SMILES string of the molecule is CC(C(=O)N(C)C)N(C)CCC1CCCCN1. The molecule has 0 radical (unpaired) electrons. The highest BCUT2D eigenvalue weighted by molar-refractivity contribution is 5.80. The lowest BCUT2D eigenvalue weighted by atomic mass is 10.0. The van der Waals surface area contributed by atoms with E-state index in [1.807, 2.05) is 28.1 Å². The summed E-state index contributed by atoms with van der Waals surface area (Å²) < 4.78 is 0. The summed E-state index contributed by atoms with van der Waals surface area (Å²) in [5, 5.41) is 3.54. The minimum absolute atomic E-state index is 0.0198. The Bertz CT molecular complexity index is 237. The smallest absolute Gasteiger partial charge is 0.239 e. The Labute approximate surface area is 105 Å². The van der Waals surface area contributed by atoms with Gasteiger partial charge in [-0.2, -0.15) is 0 Å². The Kier molecular flexibility index (Phi) is 5.92. The van der Waals surface area contributed by atoms with Crippen LogP contribution in [-0.2, 0) is 4.79 Å². The predicted octanol–water partition coefficient (Wildman–Crippen LogP) is 0.927. The first-order valence-electron chi connectivity index (χ1n) is 6.67. The molecule has 0 bridgehead atoms. The van der Waals surface area contributed by atoms with Gasteiger partial charge in [-0.05, 0) is 39.8 Å². The summed E-state index contributed by atoms with van der Waals surface area (Å²) >= 11 is 0. The molecule has 0 aromatic heterocycles. The van der Waals surface area contributed by atoms with Crippen molar-refractivity contribution in [3.8, 4) is 0 Å². The molecule has 2 unspecified atom stereocenters. The van der Waals surface area contributed by atoms with Crippen molar-refractivity contribution in [2.75, 3.05) is 34.2 Å². The van der Waals surface area contributed by atoms with Crippen molar-refractivity contribution in [1.82, 2.24) is 15.1 Å². The fourth-order valence-corrected chi connectivity index (χ4v) is 2.29. The molecule has 0 saturated carbocycles. The second-order valence-electron chi connectivity index (χ2n) is 5.32. The largest absolute Gasteiger partial charge is 0.347 e. The van der Waals surface area contributed by atoms with Crippen LogP contribution in [0.4, 0.5) is 0 Å². The van der Waals surface area contributed by atoms with Crippen LogP contribution in [0.25, 0.3) is 0 Å². The highest BCUT2D eigenvalue weighted by Gasteiger charge is 2.20. The second kappa shape index (κ2) is 6.97. The molecule has 4 heteroatoms. The molecular formula is C13H27N3O. The molecule has 1 N–H and O–H groups in total. The third-order valence-corrected chi connectivity index (χ3v) is 3.70. The molecule has 0 spiro atoms. The zero-order valence-corrected chi connectivity index (χ0v) is 11.7. The van der Waals surface area contributed by atoms with Crippen LogP contribution in [0.15, 0.2) is 0 Å². The number of piperidine rings is 1. The van der Waals surface area contributed by atoms with Crippen LogP contribution in [0.5, 0.6) is 0 Å². The van der Waals surface area contributed by atoms with Crippen LogP contribution in [0.1, 0.15) is 32.6 Å². The molecule has 0 aliphatic carbocycles. The normalized spacial score (nSPS) is 22.5. The average Bonchev–Trinajstić information content (AvgIpc) is 2.35. The first-order valence-corrected chi connectivity index (χ1v) is 6.67. The summed E-state index contributed by atoms with van der Waals surface area (Å²) in [5.74, 6) is 0.184. The van der Waals surface area contributed by atoms with Gasteiger partial charge in [-0.3, -0.25) is 9.69 Å². The maximum Gasteiger partial charge on any atom is 0.239 e. The van der Waals surface area contributed by atoms with Crippen LogP contribution < -0.4 is 5.32 Å². The van der Waals surface area contributed by atoms with Gasteiger partial charge in [0.1, 0.15) is 0 Å². The zero-order valence-electron chi connectivity index (χ0n) is 11.7. The van der Waals surface area contributed by atoms with Crippen molar-refractivity contribution < 1.29 is 4.79 Å². The molecule has 4 nitrogen and oxygen atoms in total. The number of carbonyl (C=O) groups excluding carboxylic acids is 1. The Hall–Kier alpha value is -0.610.